The van der Waals surface area contributed by atoms with Crippen molar-refractivity contribution in [1.82, 2.24) is 8.96 Å². The molecule has 0 aliphatic carbocycles. The van der Waals surface area contributed by atoms with E-state index >= 15 is 0 Å². The summed E-state index contributed by atoms with van der Waals surface area (Å²) in [5, 5.41) is 1.19. The second-order valence-electron chi connectivity index (χ2n) is 2.40. The molecule has 2 aromatic heterocycles. The van der Waals surface area contributed by atoms with Crippen molar-refractivity contribution in [3.05, 3.63) is 26.5 Å². The number of hydrogen-bond donors (Lipinski definition) is 0. The molecule has 0 atom stereocenters. The van der Waals surface area contributed by atoms with Crippen LogP contribution in [-0.4, -0.2) is 8.96 Å². The summed E-state index contributed by atoms with van der Waals surface area (Å²) in [6, 6.07) is 2.09. The van der Waals surface area contributed by atoms with E-state index in [0.717, 1.165) is 10.1 Å². The lowest BCUT2D eigenvalue weighted by Gasteiger charge is -1.95. The van der Waals surface area contributed by atoms with Gasteiger partial charge < -0.3 is 0 Å². The zero-order valence-corrected chi connectivity index (χ0v) is 12.9. The number of pyridine rings is 1. The molecule has 0 aliphatic heterocycles. The van der Waals surface area contributed by atoms with Gasteiger partial charge in [-0.3, -0.25) is 3.97 Å². The molecule has 68 valence electrons. The maximum Gasteiger partial charge on any atom is 0.151 e. The maximum atomic E-state index is 4.36. The van der Waals surface area contributed by atoms with Crippen LogP contribution in [0.4, 0.5) is 0 Å². The molecule has 2 aromatic rings. The summed E-state index contributed by atoms with van der Waals surface area (Å²) < 4.78 is 4.31. The maximum absolute atomic E-state index is 4.36. The third-order valence-electron chi connectivity index (χ3n) is 1.60. The molecule has 0 aliphatic rings. The number of fused-ring (bicyclic) bond motifs is 1. The smallest absolute Gasteiger partial charge is 0.151 e. The van der Waals surface area contributed by atoms with E-state index in [-0.39, 0.29) is 0 Å². The second-order valence-corrected chi connectivity index (χ2v) is 6.19. The number of nitrogens with zero attached hydrogens (tertiary/aromatic N) is 2. The molecule has 0 radical (unpaired) electrons. The Morgan fingerprint density at radius 1 is 1.54 bits per heavy atom. The summed E-state index contributed by atoms with van der Waals surface area (Å²) in [4.78, 5) is 4.36. The van der Waals surface area contributed by atoms with Crippen molar-refractivity contribution < 1.29 is 0 Å². The summed E-state index contributed by atoms with van der Waals surface area (Å²) in [5.41, 5.74) is 1.02. The minimum absolute atomic E-state index is 1.02. The largest absolute Gasteiger partial charge is 0.265 e. The highest BCUT2D eigenvalue weighted by Gasteiger charge is 2.07. The van der Waals surface area contributed by atoms with Crippen LogP contribution in [0, 0.1) is 3.57 Å². The molecule has 0 aromatic carbocycles. The van der Waals surface area contributed by atoms with E-state index in [1.54, 1.807) is 9.12 Å². The van der Waals surface area contributed by atoms with Crippen molar-refractivity contribution in [2.45, 2.75) is 0 Å². The lowest BCUT2D eigenvalue weighted by Crippen LogP contribution is -1.82. The van der Waals surface area contributed by atoms with Crippen molar-refractivity contribution in [1.29, 1.82) is 0 Å². The standard InChI is InChI=1S/C7H3BrI2N2S/c8-4-1-5-6(9)3-12(13-10)7(5)11-2-4/h1-3H. The molecule has 0 saturated carbocycles. The molecular weight excluding hydrogens is 478 g/mol. The van der Waals surface area contributed by atoms with E-state index in [0.29, 0.717) is 0 Å². The van der Waals surface area contributed by atoms with Crippen LogP contribution in [0.25, 0.3) is 11.0 Å². The van der Waals surface area contributed by atoms with Gasteiger partial charge in [0.2, 0.25) is 0 Å². The Balaban J connectivity index is 2.80. The molecule has 6 heteroatoms. The Morgan fingerprint density at radius 2 is 2.31 bits per heavy atom. The number of halogens is 3. The van der Waals surface area contributed by atoms with Crippen molar-refractivity contribution in [3.8, 4) is 0 Å². The highest BCUT2D eigenvalue weighted by atomic mass is 127. The predicted molar refractivity (Wildman–Crippen MR) is 77.2 cm³/mol. The third kappa shape index (κ3) is 2.00. The second kappa shape index (κ2) is 4.23. The van der Waals surface area contributed by atoms with E-state index in [1.807, 2.05) is 6.20 Å². The third-order valence-corrected chi connectivity index (χ3v) is 4.60. The van der Waals surface area contributed by atoms with Gasteiger partial charge in [-0.1, -0.05) is 0 Å². The van der Waals surface area contributed by atoms with Gasteiger partial charge >= 0.3 is 0 Å². The average molecular weight is 481 g/mol. The zero-order valence-electron chi connectivity index (χ0n) is 6.17. The first-order valence-electron chi connectivity index (χ1n) is 3.33. The van der Waals surface area contributed by atoms with Gasteiger partial charge in [-0.25, -0.2) is 4.98 Å². The molecule has 0 spiro atoms. The SMILES string of the molecule is Brc1cnc2c(c1)c(I)cn2SI. The number of aromatic nitrogens is 2. The molecule has 0 amide bonds. The molecule has 0 fully saturated rings. The Morgan fingerprint density at radius 3 is 3.00 bits per heavy atom. The monoisotopic (exact) mass is 480 g/mol. The number of rotatable bonds is 1. The van der Waals surface area contributed by atoms with Crippen molar-refractivity contribution in [2.24, 2.45) is 0 Å². The first kappa shape index (κ1) is 10.5. The fourth-order valence-corrected chi connectivity index (χ4v) is 3.52. The number of hydrogen-bond acceptors (Lipinski definition) is 2. The van der Waals surface area contributed by atoms with Gasteiger partial charge in [0.25, 0.3) is 0 Å². The first-order chi connectivity index (χ1) is 6.22. The molecule has 0 N–H and O–H groups in total. The Kier molecular flexibility index (Phi) is 3.42. The van der Waals surface area contributed by atoms with Crippen LogP contribution >= 0.6 is 68.8 Å². The van der Waals surface area contributed by atoms with Gasteiger partial charge in [0.1, 0.15) is 0 Å². The van der Waals surface area contributed by atoms with Crippen LogP contribution in [0.15, 0.2) is 22.9 Å². The molecular formula is C7H3BrI2N2S. The van der Waals surface area contributed by atoms with Gasteiger partial charge in [-0.15, -0.1) is 0 Å². The summed E-state index contributed by atoms with van der Waals surface area (Å²) >= 11 is 7.98. The summed E-state index contributed by atoms with van der Waals surface area (Å²) in [6.45, 7) is 0. The fraction of sp³-hybridized carbons (Fsp3) is 0. The molecule has 13 heavy (non-hydrogen) atoms. The van der Waals surface area contributed by atoms with Gasteiger partial charge in [0.05, 0.1) is 0 Å². The van der Waals surface area contributed by atoms with Gasteiger partial charge in [0.15, 0.2) is 5.65 Å². The Labute approximate surface area is 114 Å². The van der Waals surface area contributed by atoms with Crippen LogP contribution in [0.2, 0.25) is 0 Å². The molecule has 2 nitrogen and oxygen atoms in total. The Bertz CT molecular complexity index is 457. The molecule has 2 rings (SSSR count). The van der Waals surface area contributed by atoms with Crippen LogP contribution in [0.5, 0.6) is 0 Å². The average Bonchev–Trinajstić information content (AvgIpc) is 2.43. The lowest BCUT2D eigenvalue weighted by molar-refractivity contribution is 1.26. The van der Waals surface area contributed by atoms with Crippen LogP contribution in [0.1, 0.15) is 0 Å². The molecule has 0 saturated heterocycles. The molecule has 0 unspecified atom stereocenters. The highest BCUT2D eigenvalue weighted by molar-refractivity contribution is 14.2. The van der Waals surface area contributed by atoms with E-state index in [1.165, 1.54) is 8.96 Å². The van der Waals surface area contributed by atoms with Crippen molar-refractivity contribution in [2.75, 3.05) is 0 Å². The van der Waals surface area contributed by atoms with Crippen molar-refractivity contribution >= 4 is 79.9 Å². The van der Waals surface area contributed by atoms with E-state index in [2.05, 4.69) is 80.9 Å². The zero-order chi connectivity index (χ0) is 9.42. The quantitative estimate of drug-likeness (QED) is 0.568. The lowest BCUT2D eigenvalue weighted by atomic mass is 10.3. The summed E-state index contributed by atoms with van der Waals surface area (Å²) in [5.74, 6) is 0. The summed E-state index contributed by atoms with van der Waals surface area (Å²) in [7, 11) is 1.63. The van der Waals surface area contributed by atoms with Crippen LogP contribution in [0.3, 0.4) is 0 Å². The minimum Gasteiger partial charge on any atom is -0.265 e. The van der Waals surface area contributed by atoms with Crippen molar-refractivity contribution in [3.63, 3.8) is 0 Å². The van der Waals surface area contributed by atoms with Gasteiger partial charge in [0, 0.05) is 56.1 Å². The van der Waals surface area contributed by atoms with Gasteiger partial charge in [-0.2, -0.15) is 0 Å². The van der Waals surface area contributed by atoms with Crippen LogP contribution < -0.4 is 0 Å². The normalized spacial score (nSPS) is 11.0. The van der Waals surface area contributed by atoms with E-state index in [4.69, 9.17) is 0 Å². The van der Waals surface area contributed by atoms with Gasteiger partial charge in [-0.05, 0) is 44.6 Å². The van der Waals surface area contributed by atoms with E-state index in [9.17, 15) is 0 Å². The first-order valence-corrected chi connectivity index (χ1v) is 8.52. The van der Waals surface area contributed by atoms with E-state index < -0.39 is 0 Å². The topological polar surface area (TPSA) is 17.8 Å². The molecule has 2 heterocycles. The predicted octanol–water partition coefficient (Wildman–Crippen LogP) is 4.25. The minimum atomic E-state index is 1.02. The highest BCUT2D eigenvalue weighted by Crippen LogP contribution is 2.29. The Hall–Kier alpha value is 0.980. The summed E-state index contributed by atoms with van der Waals surface area (Å²) in [6.07, 6.45) is 3.91. The molecule has 0 bridgehead atoms. The fourth-order valence-electron chi connectivity index (χ4n) is 1.07. The van der Waals surface area contributed by atoms with Crippen LogP contribution in [-0.2, 0) is 0 Å².